The van der Waals surface area contributed by atoms with Crippen molar-refractivity contribution >= 4 is 11.6 Å². The van der Waals surface area contributed by atoms with E-state index in [4.69, 9.17) is 4.74 Å². The number of hydrogen-bond acceptors (Lipinski definition) is 3. The van der Waals surface area contributed by atoms with Crippen molar-refractivity contribution in [2.45, 2.75) is 20.3 Å². The Labute approximate surface area is 94.4 Å². The standard InChI is InChI=1S/C13H14O3/c1-8(2)7-16-12-5-3-4-9-10(14)6-11(15)13(9)12/h3-5,8H,6-7H2,1-2H3. The molecule has 0 amide bonds. The third-order valence-corrected chi connectivity index (χ3v) is 2.50. The Kier molecular flexibility index (Phi) is 2.77. The summed E-state index contributed by atoms with van der Waals surface area (Å²) in [5, 5.41) is 0. The largest absolute Gasteiger partial charge is 0.493 e. The summed E-state index contributed by atoms with van der Waals surface area (Å²) in [7, 11) is 0. The van der Waals surface area contributed by atoms with Crippen molar-refractivity contribution < 1.29 is 14.3 Å². The molecule has 84 valence electrons. The number of ether oxygens (including phenoxy) is 1. The van der Waals surface area contributed by atoms with Gasteiger partial charge in [-0.3, -0.25) is 9.59 Å². The van der Waals surface area contributed by atoms with Crippen molar-refractivity contribution in [1.29, 1.82) is 0 Å². The smallest absolute Gasteiger partial charge is 0.175 e. The van der Waals surface area contributed by atoms with Crippen LogP contribution in [0.15, 0.2) is 18.2 Å². The Bertz CT molecular complexity index is 446. The maximum Gasteiger partial charge on any atom is 0.175 e. The lowest BCUT2D eigenvalue weighted by Crippen LogP contribution is -2.07. The van der Waals surface area contributed by atoms with Gasteiger partial charge in [0.25, 0.3) is 0 Å². The van der Waals surface area contributed by atoms with E-state index in [0.29, 0.717) is 29.4 Å². The van der Waals surface area contributed by atoms with Crippen LogP contribution in [0, 0.1) is 5.92 Å². The molecule has 0 saturated carbocycles. The molecule has 0 radical (unpaired) electrons. The minimum absolute atomic E-state index is 0.0165. The second-order valence-corrected chi connectivity index (χ2v) is 4.41. The predicted molar refractivity (Wildman–Crippen MR) is 60.1 cm³/mol. The van der Waals surface area contributed by atoms with E-state index in [2.05, 4.69) is 0 Å². The first-order chi connectivity index (χ1) is 7.59. The number of carbonyl (C=O) groups is 2. The number of ketones is 2. The van der Waals surface area contributed by atoms with Crippen molar-refractivity contribution in [3.63, 3.8) is 0 Å². The number of hydrogen-bond donors (Lipinski definition) is 0. The van der Waals surface area contributed by atoms with Gasteiger partial charge in [0.2, 0.25) is 0 Å². The molecule has 1 aromatic carbocycles. The molecule has 0 atom stereocenters. The van der Waals surface area contributed by atoms with Gasteiger partial charge in [0.1, 0.15) is 5.75 Å². The SMILES string of the molecule is CC(C)COc1cccc2c1C(=O)CC2=O. The van der Waals surface area contributed by atoms with Gasteiger partial charge in [-0.2, -0.15) is 0 Å². The van der Waals surface area contributed by atoms with E-state index in [1.807, 2.05) is 13.8 Å². The van der Waals surface area contributed by atoms with Gasteiger partial charge in [-0.15, -0.1) is 0 Å². The second kappa shape index (κ2) is 4.08. The zero-order valence-corrected chi connectivity index (χ0v) is 9.45. The van der Waals surface area contributed by atoms with Gasteiger partial charge < -0.3 is 4.74 Å². The number of rotatable bonds is 3. The predicted octanol–water partition coefficient (Wildman–Crippen LogP) is 2.49. The first-order valence-corrected chi connectivity index (χ1v) is 5.42. The molecule has 0 bridgehead atoms. The fourth-order valence-electron chi connectivity index (χ4n) is 1.76. The highest BCUT2D eigenvalue weighted by molar-refractivity contribution is 6.25. The molecular weight excluding hydrogens is 204 g/mol. The molecule has 0 spiro atoms. The number of benzene rings is 1. The molecule has 0 N–H and O–H groups in total. The van der Waals surface area contributed by atoms with E-state index < -0.39 is 0 Å². The minimum Gasteiger partial charge on any atom is -0.493 e. The number of Topliss-reactive ketones (excluding diaryl/α,β-unsaturated/α-hetero) is 2. The molecule has 0 unspecified atom stereocenters. The van der Waals surface area contributed by atoms with Gasteiger partial charge in [0.15, 0.2) is 11.6 Å². The van der Waals surface area contributed by atoms with Crippen LogP contribution in [0.25, 0.3) is 0 Å². The van der Waals surface area contributed by atoms with E-state index in [9.17, 15) is 9.59 Å². The third kappa shape index (κ3) is 1.85. The Morgan fingerprint density at radius 3 is 2.69 bits per heavy atom. The lowest BCUT2D eigenvalue weighted by Gasteiger charge is -2.11. The maximum atomic E-state index is 11.6. The molecule has 1 aromatic rings. The Morgan fingerprint density at radius 1 is 1.25 bits per heavy atom. The summed E-state index contributed by atoms with van der Waals surface area (Å²) in [6.07, 6.45) is -0.0165. The van der Waals surface area contributed by atoms with Crippen molar-refractivity contribution in [2.75, 3.05) is 6.61 Å². The van der Waals surface area contributed by atoms with Crippen molar-refractivity contribution in [1.82, 2.24) is 0 Å². The summed E-state index contributed by atoms with van der Waals surface area (Å²) in [5.74, 6) is 0.708. The average Bonchev–Trinajstić information content (AvgIpc) is 2.52. The van der Waals surface area contributed by atoms with Crippen molar-refractivity contribution in [2.24, 2.45) is 5.92 Å². The third-order valence-electron chi connectivity index (χ3n) is 2.50. The van der Waals surface area contributed by atoms with Crippen LogP contribution in [0.1, 0.15) is 41.0 Å². The van der Waals surface area contributed by atoms with Crippen LogP contribution < -0.4 is 4.74 Å². The zero-order valence-electron chi connectivity index (χ0n) is 9.45. The Morgan fingerprint density at radius 2 is 2.00 bits per heavy atom. The van der Waals surface area contributed by atoms with Crippen LogP contribution in [-0.2, 0) is 0 Å². The molecule has 1 aliphatic rings. The van der Waals surface area contributed by atoms with Gasteiger partial charge in [-0.05, 0) is 12.0 Å². The highest BCUT2D eigenvalue weighted by atomic mass is 16.5. The minimum atomic E-state index is -0.126. The van der Waals surface area contributed by atoms with E-state index in [-0.39, 0.29) is 18.0 Å². The lowest BCUT2D eigenvalue weighted by molar-refractivity contribution is 0.0922. The molecule has 2 rings (SSSR count). The highest BCUT2D eigenvalue weighted by Gasteiger charge is 2.30. The molecule has 3 nitrogen and oxygen atoms in total. The van der Waals surface area contributed by atoms with Crippen molar-refractivity contribution in [3.8, 4) is 5.75 Å². The molecular formula is C13H14O3. The second-order valence-electron chi connectivity index (χ2n) is 4.41. The number of carbonyl (C=O) groups excluding carboxylic acids is 2. The van der Waals surface area contributed by atoms with Crippen molar-refractivity contribution in [3.05, 3.63) is 29.3 Å². The number of fused-ring (bicyclic) bond motifs is 1. The summed E-state index contributed by atoms with van der Waals surface area (Å²) in [6.45, 7) is 4.63. The summed E-state index contributed by atoms with van der Waals surface area (Å²) < 4.78 is 5.56. The van der Waals surface area contributed by atoms with Crippen LogP contribution in [0.5, 0.6) is 5.75 Å². The molecule has 0 fully saturated rings. The molecule has 0 saturated heterocycles. The van der Waals surface area contributed by atoms with Crippen LogP contribution in [0.2, 0.25) is 0 Å². The first kappa shape index (κ1) is 10.9. The van der Waals surface area contributed by atoms with Gasteiger partial charge in [0, 0.05) is 5.56 Å². The fraction of sp³-hybridized carbons (Fsp3) is 0.385. The Hall–Kier alpha value is -1.64. The molecule has 3 heteroatoms. The Balaban J connectivity index is 2.34. The van der Waals surface area contributed by atoms with E-state index in [1.54, 1.807) is 18.2 Å². The van der Waals surface area contributed by atoms with E-state index in [0.717, 1.165) is 0 Å². The maximum absolute atomic E-state index is 11.6. The lowest BCUT2D eigenvalue weighted by atomic mass is 10.1. The summed E-state index contributed by atoms with van der Waals surface area (Å²) >= 11 is 0. The van der Waals surface area contributed by atoms with Crippen LogP contribution in [-0.4, -0.2) is 18.2 Å². The van der Waals surface area contributed by atoms with Gasteiger partial charge in [-0.1, -0.05) is 26.0 Å². The van der Waals surface area contributed by atoms with Gasteiger partial charge in [-0.25, -0.2) is 0 Å². The monoisotopic (exact) mass is 218 g/mol. The molecule has 0 aliphatic heterocycles. The van der Waals surface area contributed by atoms with Gasteiger partial charge >= 0.3 is 0 Å². The summed E-state index contributed by atoms with van der Waals surface area (Å²) in [6, 6.07) is 5.19. The topological polar surface area (TPSA) is 43.4 Å². The molecule has 16 heavy (non-hydrogen) atoms. The van der Waals surface area contributed by atoms with E-state index >= 15 is 0 Å². The highest BCUT2D eigenvalue weighted by Crippen LogP contribution is 2.30. The van der Waals surface area contributed by atoms with Crippen LogP contribution >= 0.6 is 0 Å². The average molecular weight is 218 g/mol. The normalized spacial score (nSPS) is 14.4. The quantitative estimate of drug-likeness (QED) is 0.732. The van der Waals surface area contributed by atoms with Gasteiger partial charge in [0.05, 0.1) is 18.6 Å². The summed E-state index contributed by atoms with van der Waals surface area (Å²) in [5.41, 5.74) is 0.972. The first-order valence-electron chi connectivity index (χ1n) is 5.42. The van der Waals surface area contributed by atoms with E-state index in [1.165, 1.54) is 0 Å². The molecule has 0 aromatic heterocycles. The molecule has 0 heterocycles. The summed E-state index contributed by atoms with van der Waals surface area (Å²) in [4.78, 5) is 23.1. The fourth-order valence-corrected chi connectivity index (χ4v) is 1.76. The van der Waals surface area contributed by atoms with Crippen LogP contribution in [0.3, 0.4) is 0 Å². The molecule has 1 aliphatic carbocycles. The zero-order chi connectivity index (χ0) is 11.7. The van der Waals surface area contributed by atoms with Crippen LogP contribution in [0.4, 0.5) is 0 Å².